The fourth-order valence-corrected chi connectivity index (χ4v) is 4.09. The second kappa shape index (κ2) is 6.88. The molecule has 7 nitrogen and oxygen atoms in total. The van der Waals surface area contributed by atoms with Crippen LogP contribution >= 0.6 is 11.8 Å². The number of furan rings is 1. The second-order valence-corrected chi connectivity index (χ2v) is 7.91. The maximum Gasteiger partial charge on any atom is 0.235 e. The average Bonchev–Trinajstić information content (AvgIpc) is 3.16. The second-order valence-electron chi connectivity index (χ2n) is 6.60. The zero-order chi connectivity index (χ0) is 17.3. The summed E-state index contributed by atoms with van der Waals surface area (Å²) >= 11 is 1.32. The number of piperidine rings is 1. The van der Waals surface area contributed by atoms with Gasteiger partial charge < -0.3 is 15.2 Å². The summed E-state index contributed by atoms with van der Waals surface area (Å²) in [6.45, 7) is 7.92. The van der Waals surface area contributed by atoms with Crippen molar-refractivity contribution in [3.63, 3.8) is 0 Å². The first-order chi connectivity index (χ1) is 11.5. The standard InChI is InChI=1S/C16H23N5O2S/c1-10-7-11(2)9-20(8-10)15(22)12(3)24-16-19-18-14(21(16)17)13-5-4-6-23-13/h4-6,10-12H,7-9,17H2,1-3H3. The number of nitrogens with two attached hydrogens (primary N) is 1. The third-order valence-electron chi connectivity index (χ3n) is 4.22. The Hall–Kier alpha value is -1.96. The van der Waals surface area contributed by atoms with E-state index in [1.807, 2.05) is 11.8 Å². The molecule has 0 aromatic carbocycles. The predicted octanol–water partition coefficient (Wildman–Crippen LogP) is 2.24. The van der Waals surface area contributed by atoms with E-state index in [0.29, 0.717) is 28.6 Å². The molecule has 130 valence electrons. The smallest absolute Gasteiger partial charge is 0.235 e. The van der Waals surface area contributed by atoms with Gasteiger partial charge in [0.2, 0.25) is 16.9 Å². The van der Waals surface area contributed by atoms with E-state index in [2.05, 4.69) is 24.0 Å². The molecular formula is C16H23N5O2S. The van der Waals surface area contributed by atoms with Crippen molar-refractivity contribution in [1.29, 1.82) is 0 Å². The molecular weight excluding hydrogens is 326 g/mol. The molecule has 2 aromatic heterocycles. The van der Waals surface area contributed by atoms with Crippen molar-refractivity contribution in [2.24, 2.45) is 11.8 Å². The van der Waals surface area contributed by atoms with Gasteiger partial charge in [-0.1, -0.05) is 25.6 Å². The highest BCUT2D eigenvalue weighted by Gasteiger charge is 2.29. The molecule has 1 aliphatic rings. The predicted molar refractivity (Wildman–Crippen MR) is 92.7 cm³/mol. The van der Waals surface area contributed by atoms with Crippen molar-refractivity contribution in [1.82, 2.24) is 19.8 Å². The minimum atomic E-state index is -0.265. The Morgan fingerprint density at radius 1 is 1.38 bits per heavy atom. The molecule has 3 atom stereocenters. The van der Waals surface area contributed by atoms with Crippen LogP contribution < -0.4 is 5.84 Å². The zero-order valence-corrected chi connectivity index (χ0v) is 15.0. The van der Waals surface area contributed by atoms with Crippen LogP contribution in [0.25, 0.3) is 11.6 Å². The lowest BCUT2D eigenvalue weighted by atomic mass is 9.92. The summed E-state index contributed by atoms with van der Waals surface area (Å²) < 4.78 is 6.67. The van der Waals surface area contributed by atoms with Crippen LogP contribution in [0.4, 0.5) is 0 Å². The van der Waals surface area contributed by atoms with Gasteiger partial charge in [0, 0.05) is 13.1 Å². The van der Waals surface area contributed by atoms with Crippen LogP contribution in [0.15, 0.2) is 28.0 Å². The molecule has 3 rings (SSSR count). The average molecular weight is 349 g/mol. The molecule has 0 saturated carbocycles. The summed E-state index contributed by atoms with van der Waals surface area (Å²) in [4.78, 5) is 14.7. The number of thioether (sulfide) groups is 1. The molecule has 3 unspecified atom stereocenters. The lowest BCUT2D eigenvalue weighted by molar-refractivity contribution is -0.132. The van der Waals surface area contributed by atoms with Gasteiger partial charge in [0.25, 0.3) is 0 Å². The van der Waals surface area contributed by atoms with E-state index in [-0.39, 0.29) is 11.2 Å². The summed E-state index contributed by atoms with van der Waals surface area (Å²) in [5.41, 5.74) is 0. The normalized spacial score (nSPS) is 22.5. The number of hydrogen-bond acceptors (Lipinski definition) is 6. The fraction of sp³-hybridized carbons (Fsp3) is 0.562. The lowest BCUT2D eigenvalue weighted by Crippen LogP contribution is -2.45. The van der Waals surface area contributed by atoms with Crippen LogP contribution in [0.3, 0.4) is 0 Å². The van der Waals surface area contributed by atoms with Gasteiger partial charge in [-0.3, -0.25) is 4.79 Å². The third kappa shape index (κ3) is 3.43. The van der Waals surface area contributed by atoms with Crippen LogP contribution in [0.5, 0.6) is 0 Å². The topological polar surface area (TPSA) is 90.2 Å². The minimum absolute atomic E-state index is 0.126. The molecule has 24 heavy (non-hydrogen) atoms. The van der Waals surface area contributed by atoms with Gasteiger partial charge in [0.15, 0.2) is 5.76 Å². The number of aromatic nitrogens is 3. The van der Waals surface area contributed by atoms with E-state index in [9.17, 15) is 4.79 Å². The summed E-state index contributed by atoms with van der Waals surface area (Å²) in [5.74, 6) is 8.26. The molecule has 2 aromatic rings. The van der Waals surface area contributed by atoms with Gasteiger partial charge in [0.1, 0.15) is 0 Å². The molecule has 3 heterocycles. The van der Waals surface area contributed by atoms with Crippen LogP contribution in [-0.2, 0) is 4.79 Å². The third-order valence-corrected chi connectivity index (χ3v) is 5.26. The zero-order valence-electron chi connectivity index (χ0n) is 14.2. The largest absolute Gasteiger partial charge is 0.461 e. The molecule has 1 fully saturated rings. The monoisotopic (exact) mass is 349 g/mol. The van der Waals surface area contributed by atoms with E-state index in [1.54, 1.807) is 18.4 Å². The first kappa shape index (κ1) is 16.9. The van der Waals surface area contributed by atoms with Crippen molar-refractivity contribution >= 4 is 17.7 Å². The number of nitrogens with zero attached hydrogens (tertiary/aromatic N) is 4. The Morgan fingerprint density at radius 2 is 2.08 bits per heavy atom. The molecule has 0 aliphatic carbocycles. The van der Waals surface area contributed by atoms with Gasteiger partial charge >= 0.3 is 0 Å². The minimum Gasteiger partial charge on any atom is -0.461 e. The highest BCUT2D eigenvalue weighted by Crippen LogP contribution is 2.28. The summed E-state index contributed by atoms with van der Waals surface area (Å²) in [5, 5.41) is 8.38. The van der Waals surface area contributed by atoms with E-state index >= 15 is 0 Å². The van der Waals surface area contributed by atoms with Crippen LogP contribution in [0.1, 0.15) is 27.2 Å². The van der Waals surface area contributed by atoms with E-state index in [4.69, 9.17) is 10.3 Å². The summed E-state index contributed by atoms with van der Waals surface area (Å²) in [6.07, 6.45) is 2.73. The number of amides is 1. The molecule has 1 amide bonds. The first-order valence-corrected chi connectivity index (χ1v) is 9.03. The van der Waals surface area contributed by atoms with Gasteiger partial charge in [-0.2, -0.15) is 0 Å². The van der Waals surface area contributed by atoms with Crippen molar-refractivity contribution in [2.45, 2.75) is 37.6 Å². The molecule has 1 saturated heterocycles. The Morgan fingerprint density at radius 3 is 2.71 bits per heavy atom. The first-order valence-electron chi connectivity index (χ1n) is 8.15. The summed E-state index contributed by atoms with van der Waals surface area (Å²) in [6, 6.07) is 3.54. The summed E-state index contributed by atoms with van der Waals surface area (Å²) in [7, 11) is 0. The number of carbonyl (C=O) groups excluding carboxylic acids is 1. The Kier molecular flexibility index (Phi) is 4.84. The number of nitrogen functional groups attached to an aromatic ring is 1. The molecule has 0 bridgehead atoms. The molecule has 0 radical (unpaired) electrons. The highest BCUT2D eigenvalue weighted by atomic mass is 32.2. The number of likely N-dealkylation sites (tertiary alicyclic amines) is 1. The Balaban J connectivity index is 1.68. The van der Waals surface area contributed by atoms with Crippen molar-refractivity contribution < 1.29 is 9.21 Å². The lowest BCUT2D eigenvalue weighted by Gasteiger charge is -2.36. The van der Waals surface area contributed by atoms with Gasteiger partial charge in [0.05, 0.1) is 11.5 Å². The fourth-order valence-electron chi connectivity index (χ4n) is 3.24. The highest BCUT2D eigenvalue weighted by molar-refractivity contribution is 8.00. The van der Waals surface area contributed by atoms with Gasteiger partial charge in [-0.15, -0.1) is 10.2 Å². The molecule has 8 heteroatoms. The van der Waals surface area contributed by atoms with Crippen molar-refractivity contribution in [3.05, 3.63) is 18.4 Å². The van der Waals surface area contributed by atoms with Crippen molar-refractivity contribution in [3.8, 4) is 11.6 Å². The SMILES string of the molecule is CC1CC(C)CN(C(=O)C(C)Sc2nnc(-c3ccco3)n2N)C1. The number of rotatable bonds is 4. The van der Waals surface area contributed by atoms with E-state index in [1.165, 1.54) is 22.9 Å². The van der Waals surface area contributed by atoms with Crippen LogP contribution in [0.2, 0.25) is 0 Å². The van der Waals surface area contributed by atoms with Gasteiger partial charge in [-0.05, 0) is 37.3 Å². The molecule has 0 spiro atoms. The maximum absolute atomic E-state index is 12.7. The number of carbonyl (C=O) groups is 1. The maximum atomic E-state index is 12.7. The Labute approximate surface area is 145 Å². The van der Waals surface area contributed by atoms with Crippen LogP contribution in [-0.4, -0.2) is 44.0 Å². The Bertz CT molecular complexity index is 689. The molecule has 2 N–H and O–H groups in total. The van der Waals surface area contributed by atoms with Gasteiger partial charge in [-0.25, -0.2) is 4.68 Å². The van der Waals surface area contributed by atoms with E-state index in [0.717, 1.165) is 13.1 Å². The molecule has 1 aliphatic heterocycles. The quantitative estimate of drug-likeness (QED) is 0.672. The van der Waals surface area contributed by atoms with E-state index < -0.39 is 0 Å². The van der Waals surface area contributed by atoms with Crippen molar-refractivity contribution in [2.75, 3.05) is 18.9 Å². The number of hydrogen-bond donors (Lipinski definition) is 1. The van der Waals surface area contributed by atoms with Crippen LogP contribution in [0, 0.1) is 11.8 Å².